The monoisotopic (exact) mass is 444 g/mol. The van der Waals surface area contributed by atoms with Gasteiger partial charge in [0.25, 0.3) is 0 Å². The van der Waals surface area contributed by atoms with Gasteiger partial charge in [-0.25, -0.2) is 9.38 Å². The van der Waals surface area contributed by atoms with Crippen LogP contribution in [0.1, 0.15) is 12.5 Å². The number of nitrogens with zero attached hydrogens (tertiary/aromatic N) is 2. The highest BCUT2D eigenvalue weighted by Gasteiger charge is 2.01. The molecule has 0 fully saturated rings. The Bertz CT molecular complexity index is 625. The van der Waals surface area contributed by atoms with Crippen LogP contribution in [0.3, 0.4) is 0 Å². The van der Waals surface area contributed by atoms with Crippen molar-refractivity contribution in [3.8, 4) is 5.75 Å². The molecule has 0 amide bonds. The van der Waals surface area contributed by atoms with Gasteiger partial charge >= 0.3 is 0 Å². The molecule has 0 atom stereocenters. The van der Waals surface area contributed by atoms with E-state index in [1.54, 1.807) is 30.6 Å². The quantitative estimate of drug-likeness (QED) is 0.299. The van der Waals surface area contributed by atoms with Crippen LogP contribution in [0.4, 0.5) is 4.39 Å². The average Bonchev–Trinajstić information content (AvgIpc) is 2.58. The lowest BCUT2D eigenvalue weighted by molar-refractivity contribution is 0.320. The summed E-state index contributed by atoms with van der Waals surface area (Å²) in [7, 11) is 0. The van der Waals surface area contributed by atoms with Gasteiger partial charge < -0.3 is 15.4 Å². The molecule has 0 saturated carbocycles. The van der Waals surface area contributed by atoms with Gasteiger partial charge in [0.15, 0.2) is 5.96 Å². The van der Waals surface area contributed by atoms with Crippen molar-refractivity contribution in [2.24, 2.45) is 4.99 Å². The largest absolute Gasteiger partial charge is 0.490 e. The Hall–Kier alpha value is -1.90. The standard InChI is InChI=1S/C17H21FN4O.HI/c1-2-20-17(22-12-14-6-3-4-8-16(14)18)21-10-11-23-15-7-5-9-19-13-15;/h3-9,13H,2,10-12H2,1H3,(H2,20,21,22);1H. The second kappa shape index (κ2) is 11.6. The molecule has 7 heteroatoms. The molecule has 0 bridgehead atoms. The molecule has 0 spiro atoms. The summed E-state index contributed by atoms with van der Waals surface area (Å²) in [5, 5.41) is 6.27. The third-order valence-electron chi connectivity index (χ3n) is 3.01. The van der Waals surface area contributed by atoms with Crippen LogP contribution in [0.15, 0.2) is 53.8 Å². The van der Waals surface area contributed by atoms with Crippen LogP contribution in [0, 0.1) is 5.82 Å². The van der Waals surface area contributed by atoms with Crippen molar-refractivity contribution in [1.29, 1.82) is 0 Å². The Labute approximate surface area is 158 Å². The number of guanidine groups is 1. The molecular formula is C17H22FIN4O. The maximum Gasteiger partial charge on any atom is 0.191 e. The summed E-state index contributed by atoms with van der Waals surface area (Å²) >= 11 is 0. The van der Waals surface area contributed by atoms with Crippen molar-refractivity contribution < 1.29 is 9.13 Å². The number of hydrogen-bond acceptors (Lipinski definition) is 3. The molecule has 1 heterocycles. The fraction of sp³-hybridized carbons (Fsp3) is 0.294. The normalized spacial score (nSPS) is 10.7. The third-order valence-corrected chi connectivity index (χ3v) is 3.01. The Balaban J connectivity index is 0.00000288. The maximum atomic E-state index is 13.6. The predicted octanol–water partition coefficient (Wildman–Crippen LogP) is 2.97. The number of nitrogens with one attached hydrogen (secondary N) is 2. The zero-order valence-electron chi connectivity index (χ0n) is 13.5. The van der Waals surface area contributed by atoms with Gasteiger partial charge in [-0.2, -0.15) is 0 Å². The van der Waals surface area contributed by atoms with Gasteiger partial charge in [0.2, 0.25) is 0 Å². The Kier molecular flexibility index (Phi) is 9.74. The van der Waals surface area contributed by atoms with Gasteiger partial charge in [0.1, 0.15) is 18.2 Å². The molecule has 0 radical (unpaired) electrons. The fourth-order valence-corrected chi connectivity index (χ4v) is 1.90. The number of pyridine rings is 1. The summed E-state index contributed by atoms with van der Waals surface area (Å²) in [4.78, 5) is 8.36. The number of hydrogen-bond donors (Lipinski definition) is 2. The average molecular weight is 444 g/mol. The van der Waals surface area contributed by atoms with E-state index in [0.29, 0.717) is 24.7 Å². The van der Waals surface area contributed by atoms with Gasteiger partial charge in [0.05, 0.1) is 19.3 Å². The molecule has 0 aliphatic rings. The lowest BCUT2D eigenvalue weighted by Gasteiger charge is -2.12. The van der Waals surface area contributed by atoms with Crippen molar-refractivity contribution in [2.45, 2.75) is 13.5 Å². The molecule has 24 heavy (non-hydrogen) atoms. The van der Waals surface area contributed by atoms with E-state index >= 15 is 0 Å². The van der Waals surface area contributed by atoms with Crippen LogP contribution < -0.4 is 15.4 Å². The smallest absolute Gasteiger partial charge is 0.191 e. The van der Waals surface area contributed by atoms with E-state index in [1.807, 2.05) is 19.1 Å². The molecule has 0 saturated heterocycles. The fourth-order valence-electron chi connectivity index (χ4n) is 1.90. The highest BCUT2D eigenvalue weighted by molar-refractivity contribution is 14.0. The van der Waals surface area contributed by atoms with E-state index in [1.165, 1.54) is 6.07 Å². The first-order valence-electron chi connectivity index (χ1n) is 7.58. The second-order valence-electron chi connectivity index (χ2n) is 4.75. The molecule has 0 unspecified atom stereocenters. The first-order valence-corrected chi connectivity index (χ1v) is 7.58. The van der Waals surface area contributed by atoms with Crippen LogP contribution in [0.25, 0.3) is 0 Å². The summed E-state index contributed by atoms with van der Waals surface area (Å²) in [6.45, 7) is 4.05. The van der Waals surface area contributed by atoms with Crippen LogP contribution in [-0.4, -0.2) is 30.6 Å². The van der Waals surface area contributed by atoms with Gasteiger partial charge in [-0.3, -0.25) is 4.98 Å². The number of aliphatic imine (C=N–C) groups is 1. The predicted molar refractivity (Wildman–Crippen MR) is 104 cm³/mol. The minimum atomic E-state index is -0.244. The number of rotatable bonds is 7. The molecule has 5 nitrogen and oxygen atoms in total. The van der Waals surface area contributed by atoms with E-state index in [9.17, 15) is 4.39 Å². The molecule has 130 valence electrons. The molecule has 2 rings (SSSR count). The molecule has 2 N–H and O–H groups in total. The summed E-state index contributed by atoms with van der Waals surface area (Å²) in [5.74, 6) is 1.11. The number of benzene rings is 1. The van der Waals surface area contributed by atoms with Gasteiger partial charge in [-0.05, 0) is 25.1 Å². The van der Waals surface area contributed by atoms with E-state index < -0.39 is 0 Å². The first-order chi connectivity index (χ1) is 11.3. The van der Waals surface area contributed by atoms with E-state index in [4.69, 9.17) is 4.74 Å². The van der Waals surface area contributed by atoms with Crippen molar-refractivity contribution in [1.82, 2.24) is 15.6 Å². The Morgan fingerprint density at radius 3 is 2.75 bits per heavy atom. The van der Waals surface area contributed by atoms with Crippen molar-refractivity contribution in [3.05, 3.63) is 60.2 Å². The lowest BCUT2D eigenvalue weighted by atomic mass is 10.2. The summed E-state index contributed by atoms with van der Waals surface area (Å²) in [6, 6.07) is 10.3. The van der Waals surface area contributed by atoms with Crippen LogP contribution in [0.2, 0.25) is 0 Å². The Morgan fingerprint density at radius 1 is 1.21 bits per heavy atom. The maximum absolute atomic E-state index is 13.6. The summed E-state index contributed by atoms with van der Waals surface area (Å²) in [6.07, 6.45) is 3.36. The molecular weight excluding hydrogens is 422 g/mol. The highest BCUT2D eigenvalue weighted by atomic mass is 127. The van der Waals surface area contributed by atoms with Gasteiger partial charge in [-0.15, -0.1) is 24.0 Å². The molecule has 1 aromatic carbocycles. The molecule has 0 aliphatic heterocycles. The number of halogens is 2. The molecule has 0 aliphatic carbocycles. The zero-order valence-corrected chi connectivity index (χ0v) is 15.9. The van der Waals surface area contributed by atoms with E-state index in [2.05, 4.69) is 20.6 Å². The SMILES string of the molecule is CCNC(=NCc1ccccc1F)NCCOc1cccnc1.I. The third kappa shape index (κ3) is 7.12. The van der Waals surface area contributed by atoms with Crippen LogP contribution in [0.5, 0.6) is 5.75 Å². The minimum absolute atomic E-state index is 0. The zero-order chi connectivity index (χ0) is 16.3. The van der Waals surface area contributed by atoms with Crippen molar-refractivity contribution >= 4 is 29.9 Å². The summed E-state index contributed by atoms with van der Waals surface area (Å²) in [5.41, 5.74) is 0.566. The first kappa shape index (κ1) is 20.1. The molecule has 1 aromatic heterocycles. The molecule has 2 aromatic rings. The van der Waals surface area contributed by atoms with Crippen molar-refractivity contribution in [2.75, 3.05) is 19.7 Å². The topological polar surface area (TPSA) is 58.5 Å². The second-order valence-corrected chi connectivity index (χ2v) is 4.75. The van der Waals surface area contributed by atoms with Crippen LogP contribution >= 0.6 is 24.0 Å². The van der Waals surface area contributed by atoms with Gasteiger partial charge in [-0.1, -0.05) is 18.2 Å². The Morgan fingerprint density at radius 2 is 2.04 bits per heavy atom. The highest BCUT2D eigenvalue weighted by Crippen LogP contribution is 2.07. The van der Waals surface area contributed by atoms with E-state index in [-0.39, 0.29) is 36.3 Å². The van der Waals surface area contributed by atoms with Gasteiger partial charge in [0, 0.05) is 18.3 Å². The van der Waals surface area contributed by atoms with Crippen LogP contribution in [-0.2, 0) is 6.54 Å². The number of ether oxygens (including phenoxy) is 1. The number of aromatic nitrogens is 1. The van der Waals surface area contributed by atoms with E-state index in [0.717, 1.165) is 12.3 Å². The minimum Gasteiger partial charge on any atom is -0.490 e. The summed E-state index contributed by atoms with van der Waals surface area (Å²) < 4.78 is 19.1. The van der Waals surface area contributed by atoms with Crippen molar-refractivity contribution in [3.63, 3.8) is 0 Å². The lowest BCUT2D eigenvalue weighted by Crippen LogP contribution is -2.39.